The van der Waals surface area contributed by atoms with Crippen molar-refractivity contribution in [1.82, 2.24) is 0 Å². The minimum atomic E-state index is -1.20. The van der Waals surface area contributed by atoms with Gasteiger partial charge in [-0.1, -0.05) is 17.7 Å². The number of amides is 1. The van der Waals surface area contributed by atoms with Crippen molar-refractivity contribution in [2.75, 3.05) is 23.3 Å². The molecular formula is C23H24F3N3O. The highest BCUT2D eigenvalue weighted by Gasteiger charge is 2.28. The van der Waals surface area contributed by atoms with Crippen LogP contribution in [0.25, 0.3) is 0 Å². The van der Waals surface area contributed by atoms with Gasteiger partial charge in [0, 0.05) is 49.4 Å². The lowest BCUT2D eigenvalue weighted by Gasteiger charge is -2.29. The number of nitrogens with zero attached hydrogens (tertiary/aromatic N) is 1. The molecule has 0 bridgehead atoms. The van der Waals surface area contributed by atoms with E-state index in [2.05, 4.69) is 5.32 Å². The predicted molar refractivity (Wildman–Crippen MR) is 111 cm³/mol. The Morgan fingerprint density at radius 1 is 1.17 bits per heavy atom. The Morgan fingerprint density at radius 3 is 2.67 bits per heavy atom. The van der Waals surface area contributed by atoms with Gasteiger partial charge < -0.3 is 16.0 Å². The van der Waals surface area contributed by atoms with Gasteiger partial charge in [0.2, 0.25) is 5.91 Å². The highest BCUT2D eigenvalue weighted by Crippen LogP contribution is 2.35. The molecule has 1 amide bonds. The van der Waals surface area contributed by atoms with Gasteiger partial charge in [0.05, 0.1) is 0 Å². The number of hydrogen-bond acceptors (Lipinski definition) is 3. The largest absolute Gasteiger partial charge is 0.381 e. The summed E-state index contributed by atoms with van der Waals surface area (Å²) in [7, 11) is 0. The molecule has 7 heteroatoms. The van der Waals surface area contributed by atoms with E-state index in [1.807, 2.05) is 24.3 Å². The second-order valence-electron chi connectivity index (χ2n) is 7.98. The molecule has 158 valence electrons. The maximum atomic E-state index is 14.1. The van der Waals surface area contributed by atoms with Crippen LogP contribution >= 0.6 is 0 Å². The lowest BCUT2D eigenvalue weighted by Crippen LogP contribution is -2.33. The first-order valence-corrected chi connectivity index (χ1v) is 10.1. The van der Waals surface area contributed by atoms with Gasteiger partial charge in [-0.15, -0.1) is 0 Å². The molecule has 4 nitrogen and oxygen atoms in total. The zero-order chi connectivity index (χ0) is 21.4. The average Bonchev–Trinajstić information content (AvgIpc) is 3.13. The van der Waals surface area contributed by atoms with Crippen LogP contribution in [0.1, 0.15) is 36.8 Å². The van der Waals surface area contributed by atoms with Crippen LogP contribution in [0, 0.1) is 17.5 Å². The van der Waals surface area contributed by atoms with Gasteiger partial charge in [-0.3, -0.25) is 4.79 Å². The van der Waals surface area contributed by atoms with Gasteiger partial charge in [0.15, 0.2) is 11.6 Å². The maximum absolute atomic E-state index is 14.1. The number of nitrogens with one attached hydrogen (secondary N) is 1. The first-order chi connectivity index (χ1) is 14.3. The molecule has 2 aromatic carbocycles. The van der Waals surface area contributed by atoms with Gasteiger partial charge in [0.25, 0.3) is 0 Å². The molecule has 2 aromatic rings. The quantitative estimate of drug-likeness (QED) is 0.580. The first-order valence-electron chi connectivity index (χ1n) is 10.1. The average molecular weight is 415 g/mol. The van der Waals surface area contributed by atoms with Gasteiger partial charge in [-0.05, 0) is 48.6 Å². The van der Waals surface area contributed by atoms with Crippen molar-refractivity contribution >= 4 is 17.3 Å². The number of carbonyl (C=O) groups excluding carboxylic acids is 1. The van der Waals surface area contributed by atoms with Crippen molar-refractivity contribution in [2.24, 2.45) is 5.73 Å². The fraction of sp³-hybridized carbons (Fsp3) is 0.348. The molecule has 2 atom stereocenters. The number of carbonyl (C=O) groups is 1. The molecule has 0 fully saturated rings. The molecule has 0 aromatic heterocycles. The van der Waals surface area contributed by atoms with E-state index in [9.17, 15) is 18.0 Å². The van der Waals surface area contributed by atoms with Crippen molar-refractivity contribution in [1.29, 1.82) is 0 Å². The molecule has 0 unspecified atom stereocenters. The maximum Gasteiger partial charge on any atom is 0.223 e. The summed E-state index contributed by atoms with van der Waals surface area (Å²) in [6, 6.07) is 7.11. The molecule has 1 aliphatic heterocycles. The van der Waals surface area contributed by atoms with Crippen molar-refractivity contribution in [3.05, 3.63) is 70.6 Å². The number of nitrogens with two attached hydrogens (primary N) is 1. The monoisotopic (exact) mass is 415 g/mol. The third-order valence-electron chi connectivity index (χ3n) is 5.99. The predicted octanol–water partition coefficient (Wildman–Crippen LogP) is 4.26. The van der Waals surface area contributed by atoms with E-state index < -0.39 is 23.4 Å². The Balaban J connectivity index is 1.43. The fourth-order valence-corrected chi connectivity index (χ4v) is 4.35. The topological polar surface area (TPSA) is 58.4 Å². The van der Waals surface area contributed by atoms with Crippen LogP contribution < -0.4 is 16.0 Å². The number of allylic oxidation sites excluding steroid dienone is 1. The van der Waals surface area contributed by atoms with Crippen LogP contribution in [-0.4, -0.2) is 25.0 Å². The van der Waals surface area contributed by atoms with Crippen molar-refractivity contribution in [3.8, 4) is 0 Å². The molecular weight excluding hydrogens is 391 g/mol. The van der Waals surface area contributed by atoms with Gasteiger partial charge in [-0.2, -0.15) is 0 Å². The van der Waals surface area contributed by atoms with Crippen LogP contribution in [0.4, 0.5) is 24.5 Å². The third kappa shape index (κ3) is 3.94. The van der Waals surface area contributed by atoms with Crippen LogP contribution in [0.15, 0.2) is 42.0 Å². The smallest absolute Gasteiger partial charge is 0.223 e. The Labute approximate surface area is 173 Å². The molecule has 1 heterocycles. The summed E-state index contributed by atoms with van der Waals surface area (Å²) in [4.78, 5) is 13.6. The lowest BCUT2D eigenvalue weighted by molar-refractivity contribution is -0.116. The van der Waals surface area contributed by atoms with Crippen LogP contribution in [0.2, 0.25) is 0 Å². The Morgan fingerprint density at radius 2 is 1.93 bits per heavy atom. The summed E-state index contributed by atoms with van der Waals surface area (Å²) in [6.07, 6.45) is 3.83. The number of benzene rings is 2. The number of hydrogen-bond donors (Lipinski definition) is 2. The molecule has 2 aliphatic rings. The standard InChI is InChI=1S/C23H24F3N3O/c1-13(30)29-7-6-15-3-4-16(9-23(15)29)28-12-14-2-5-17(22(27)8-14)18-10-20(25)21(26)11-19(18)24/h2-4,9-11,17,22,28H,5-8,12,27H2,1H3/t17-,22+/m1/s1. The van der Waals surface area contributed by atoms with Gasteiger partial charge in [-0.25, -0.2) is 13.2 Å². The fourth-order valence-electron chi connectivity index (χ4n) is 4.35. The molecule has 30 heavy (non-hydrogen) atoms. The highest BCUT2D eigenvalue weighted by molar-refractivity contribution is 5.94. The molecule has 4 rings (SSSR count). The zero-order valence-electron chi connectivity index (χ0n) is 16.7. The minimum absolute atomic E-state index is 0.0300. The van der Waals surface area contributed by atoms with Gasteiger partial charge in [0.1, 0.15) is 5.82 Å². The van der Waals surface area contributed by atoms with E-state index in [4.69, 9.17) is 5.73 Å². The Bertz CT molecular complexity index is 1020. The second-order valence-corrected chi connectivity index (χ2v) is 7.98. The van der Waals surface area contributed by atoms with Crippen LogP contribution in [0.3, 0.4) is 0 Å². The number of fused-ring (bicyclic) bond motifs is 1. The van der Waals surface area contributed by atoms with E-state index in [1.165, 1.54) is 0 Å². The molecule has 0 saturated heterocycles. The lowest BCUT2D eigenvalue weighted by atomic mass is 9.80. The normalized spacial score (nSPS) is 20.7. The van der Waals surface area contributed by atoms with Gasteiger partial charge >= 0.3 is 0 Å². The second kappa shape index (κ2) is 8.14. The summed E-state index contributed by atoms with van der Waals surface area (Å²) >= 11 is 0. The van der Waals surface area contributed by atoms with Crippen molar-refractivity contribution in [2.45, 2.75) is 38.1 Å². The number of rotatable bonds is 4. The van der Waals surface area contributed by atoms with Crippen LogP contribution in [0.5, 0.6) is 0 Å². The summed E-state index contributed by atoms with van der Waals surface area (Å²) in [5.41, 5.74) is 10.5. The molecule has 0 saturated carbocycles. The van der Waals surface area contributed by atoms with Crippen LogP contribution in [-0.2, 0) is 11.2 Å². The highest BCUT2D eigenvalue weighted by atomic mass is 19.2. The SMILES string of the molecule is CC(=O)N1CCc2ccc(NCC3=CC[C@H](c4cc(F)c(F)cc4F)[C@@H](N)C3)cc21. The number of halogens is 3. The summed E-state index contributed by atoms with van der Waals surface area (Å²) in [6.45, 7) is 2.84. The zero-order valence-corrected chi connectivity index (χ0v) is 16.7. The summed E-state index contributed by atoms with van der Waals surface area (Å²) in [5, 5.41) is 3.36. The molecule has 0 radical (unpaired) electrons. The Hall–Kier alpha value is -2.80. The number of anilines is 2. The Kier molecular flexibility index (Phi) is 5.56. The van der Waals surface area contributed by atoms with Crippen molar-refractivity contribution in [3.63, 3.8) is 0 Å². The minimum Gasteiger partial charge on any atom is -0.381 e. The van der Waals surface area contributed by atoms with E-state index in [0.717, 1.165) is 35.0 Å². The van der Waals surface area contributed by atoms with E-state index >= 15 is 0 Å². The summed E-state index contributed by atoms with van der Waals surface area (Å²) < 4.78 is 40.9. The summed E-state index contributed by atoms with van der Waals surface area (Å²) in [5.74, 6) is -3.39. The van der Waals surface area contributed by atoms with E-state index in [0.29, 0.717) is 32.0 Å². The van der Waals surface area contributed by atoms with Crippen molar-refractivity contribution < 1.29 is 18.0 Å². The molecule has 0 spiro atoms. The molecule has 3 N–H and O–H groups in total. The van der Waals surface area contributed by atoms with E-state index in [1.54, 1.807) is 11.8 Å². The van der Waals surface area contributed by atoms with E-state index in [-0.39, 0.29) is 17.5 Å². The third-order valence-corrected chi connectivity index (χ3v) is 5.99. The first kappa shape index (κ1) is 20.5. The molecule has 1 aliphatic carbocycles.